The van der Waals surface area contributed by atoms with Crippen molar-refractivity contribution in [2.45, 2.75) is 245 Å². The van der Waals surface area contributed by atoms with Crippen molar-refractivity contribution in [2.75, 3.05) is 13.2 Å². The molecule has 0 aromatic carbocycles. The Bertz CT molecular complexity index is 1090. The van der Waals surface area contributed by atoms with Crippen LogP contribution in [0.2, 0.25) is 0 Å². The highest BCUT2D eigenvalue weighted by molar-refractivity contribution is 7.46. The summed E-state index contributed by atoms with van der Waals surface area (Å²) in [5.74, 6) is -0.912. The fraction of sp³-hybridized carbons (Fsp3) is 0.800. The van der Waals surface area contributed by atoms with Gasteiger partial charge in [0.1, 0.15) is 6.61 Å². The predicted octanol–water partition coefficient (Wildman–Crippen LogP) is 15.5. The summed E-state index contributed by atoms with van der Waals surface area (Å²) in [4.78, 5) is 43.0. The number of hydrogen-bond acceptors (Lipinski definition) is 6. The van der Waals surface area contributed by atoms with Crippen LogP contribution in [0.5, 0.6) is 0 Å². The number of phosphoric acid groups is 1. The van der Waals surface area contributed by atoms with E-state index in [2.05, 4.69) is 67.0 Å². The number of carbonyl (C=O) groups is 2. The molecule has 0 spiro atoms. The first kappa shape index (κ1) is 57.0. The van der Waals surface area contributed by atoms with Crippen molar-refractivity contribution in [1.29, 1.82) is 0 Å². The molecule has 0 aromatic heterocycles. The van der Waals surface area contributed by atoms with E-state index in [1.807, 2.05) is 0 Å². The minimum Gasteiger partial charge on any atom is -0.462 e. The fourth-order valence-corrected chi connectivity index (χ4v) is 7.31. The molecular weight excluding hydrogens is 760 g/mol. The van der Waals surface area contributed by atoms with Crippen LogP contribution in [0.1, 0.15) is 239 Å². The predicted molar refractivity (Wildman–Crippen MR) is 248 cm³/mol. The van der Waals surface area contributed by atoms with Crippen LogP contribution in [0.15, 0.2) is 48.6 Å². The number of unbranched alkanes of at least 4 members (excludes halogenated alkanes) is 27. The van der Waals surface area contributed by atoms with Crippen LogP contribution in [-0.2, 0) is 28.2 Å². The Labute approximate surface area is 363 Å². The van der Waals surface area contributed by atoms with E-state index in [1.54, 1.807) is 0 Å². The minimum absolute atomic E-state index is 0.175. The zero-order chi connectivity index (χ0) is 43.2. The van der Waals surface area contributed by atoms with Crippen LogP contribution in [0.4, 0.5) is 0 Å². The third kappa shape index (κ3) is 48.6. The molecule has 0 saturated heterocycles. The minimum atomic E-state index is -4.77. The van der Waals surface area contributed by atoms with Crippen LogP contribution in [0.3, 0.4) is 0 Å². The Hall–Kier alpha value is -1.99. The molecule has 1 atom stereocenters. The molecule has 0 amide bonds. The molecule has 2 N–H and O–H groups in total. The molecular formula is C50H91O8P. The molecule has 9 heteroatoms. The van der Waals surface area contributed by atoms with Gasteiger partial charge in [-0.2, -0.15) is 0 Å². The highest BCUT2D eigenvalue weighted by Gasteiger charge is 2.23. The summed E-state index contributed by atoms with van der Waals surface area (Å²) >= 11 is 0. The van der Waals surface area contributed by atoms with Crippen LogP contribution < -0.4 is 0 Å². The van der Waals surface area contributed by atoms with E-state index < -0.39 is 32.5 Å². The van der Waals surface area contributed by atoms with Crippen molar-refractivity contribution in [3.63, 3.8) is 0 Å². The summed E-state index contributed by atoms with van der Waals surface area (Å²) < 4.78 is 26.5. The molecule has 0 aromatic rings. The highest BCUT2D eigenvalue weighted by Crippen LogP contribution is 2.36. The summed E-state index contributed by atoms with van der Waals surface area (Å²) in [5, 5.41) is 0. The maximum absolute atomic E-state index is 12.4. The second kappa shape index (κ2) is 45.5. The van der Waals surface area contributed by atoms with E-state index in [9.17, 15) is 14.2 Å². The Morgan fingerprint density at radius 3 is 1.17 bits per heavy atom. The largest absolute Gasteiger partial charge is 0.469 e. The summed E-state index contributed by atoms with van der Waals surface area (Å²) in [5.41, 5.74) is 0. The van der Waals surface area contributed by atoms with E-state index >= 15 is 0 Å². The zero-order valence-corrected chi connectivity index (χ0v) is 39.0. The zero-order valence-electron chi connectivity index (χ0n) is 38.2. The molecule has 0 heterocycles. The first-order chi connectivity index (χ1) is 28.8. The summed E-state index contributed by atoms with van der Waals surface area (Å²) in [6.45, 7) is 3.66. The average Bonchev–Trinajstić information content (AvgIpc) is 3.21. The number of carbonyl (C=O) groups excluding carboxylic acids is 2. The molecule has 0 aliphatic rings. The van der Waals surface area contributed by atoms with Gasteiger partial charge in [-0.05, 0) is 57.8 Å². The number of hydrogen-bond donors (Lipinski definition) is 2. The lowest BCUT2D eigenvalue weighted by Gasteiger charge is -2.18. The lowest BCUT2D eigenvalue weighted by atomic mass is 10.0. The Kier molecular flexibility index (Phi) is 44.0. The van der Waals surface area contributed by atoms with Crippen LogP contribution in [0.25, 0.3) is 0 Å². The topological polar surface area (TPSA) is 119 Å². The molecule has 0 fully saturated rings. The van der Waals surface area contributed by atoms with E-state index in [0.717, 1.165) is 57.8 Å². The van der Waals surface area contributed by atoms with Gasteiger partial charge in [0.2, 0.25) is 0 Å². The second-order valence-corrected chi connectivity index (χ2v) is 17.7. The lowest BCUT2D eigenvalue weighted by molar-refractivity contribution is -0.161. The first-order valence-electron chi connectivity index (χ1n) is 24.4. The van der Waals surface area contributed by atoms with Gasteiger partial charge in [0.15, 0.2) is 6.10 Å². The van der Waals surface area contributed by atoms with Crippen molar-refractivity contribution < 1.29 is 37.9 Å². The van der Waals surface area contributed by atoms with Crippen LogP contribution >= 0.6 is 7.82 Å². The van der Waals surface area contributed by atoms with Gasteiger partial charge >= 0.3 is 19.8 Å². The molecule has 0 aliphatic heterocycles. The summed E-state index contributed by atoms with van der Waals surface area (Å²) in [7, 11) is -4.77. The summed E-state index contributed by atoms with van der Waals surface area (Å²) in [6, 6.07) is 0. The van der Waals surface area contributed by atoms with Gasteiger partial charge in [-0.15, -0.1) is 0 Å². The molecule has 59 heavy (non-hydrogen) atoms. The van der Waals surface area contributed by atoms with E-state index in [4.69, 9.17) is 19.3 Å². The molecule has 0 bridgehead atoms. The number of allylic oxidation sites excluding steroid dienone is 8. The maximum atomic E-state index is 12.4. The van der Waals surface area contributed by atoms with Crippen LogP contribution in [-0.4, -0.2) is 41.0 Å². The van der Waals surface area contributed by atoms with Crippen molar-refractivity contribution >= 4 is 19.8 Å². The maximum Gasteiger partial charge on any atom is 0.469 e. The highest BCUT2D eigenvalue weighted by atomic mass is 31.2. The number of phosphoric ester groups is 1. The average molecular weight is 851 g/mol. The second-order valence-electron chi connectivity index (χ2n) is 16.4. The van der Waals surface area contributed by atoms with Gasteiger partial charge in [0, 0.05) is 12.8 Å². The van der Waals surface area contributed by atoms with E-state index in [1.165, 1.54) is 148 Å². The van der Waals surface area contributed by atoms with Gasteiger partial charge in [-0.1, -0.05) is 217 Å². The molecule has 0 unspecified atom stereocenters. The molecule has 8 nitrogen and oxygen atoms in total. The Morgan fingerprint density at radius 2 is 0.763 bits per heavy atom. The standard InChI is InChI=1S/C50H91O8P/c1-3-5-7-9-11-13-15-17-19-21-23-24-25-27-28-30-32-34-36-38-40-42-44-49(51)56-46-48(47-57-59(53,54)55)58-50(52)45-43-41-39-37-35-33-31-29-26-22-20-18-16-14-12-10-8-6-4-2/h12,14,18,20,26,29,33,35,48H,3-11,13,15-17,19,21-25,27-28,30-32,34,36-47H2,1-2H3,(H2,53,54,55)/b14-12+,20-18+,29-26+,35-33+/t48-/m1/s1. The lowest BCUT2D eigenvalue weighted by Crippen LogP contribution is -2.29. The van der Waals surface area contributed by atoms with Crippen molar-refractivity contribution in [2.24, 2.45) is 0 Å². The summed E-state index contributed by atoms with van der Waals surface area (Å²) in [6.07, 6.45) is 57.0. The monoisotopic (exact) mass is 851 g/mol. The SMILES string of the molecule is CCCCC/C=C/C/C=C/C/C=C/C/C=C/CCCCCC(=O)O[C@H](COC(=O)CCCCCCCCCCCCCCCCCCCCCCCC)COP(=O)(O)O. The van der Waals surface area contributed by atoms with E-state index in [-0.39, 0.29) is 19.4 Å². The van der Waals surface area contributed by atoms with Crippen molar-refractivity contribution in [3.05, 3.63) is 48.6 Å². The van der Waals surface area contributed by atoms with Gasteiger partial charge < -0.3 is 19.3 Å². The molecule has 0 saturated carbocycles. The van der Waals surface area contributed by atoms with Crippen LogP contribution in [0, 0.1) is 0 Å². The number of esters is 2. The number of ether oxygens (including phenoxy) is 2. The van der Waals surface area contributed by atoms with Gasteiger partial charge in [-0.25, -0.2) is 4.57 Å². The molecule has 0 rings (SSSR count). The van der Waals surface area contributed by atoms with Gasteiger partial charge in [0.25, 0.3) is 0 Å². The van der Waals surface area contributed by atoms with Crippen molar-refractivity contribution in [3.8, 4) is 0 Å². The van der Waals surface area contributed by atoms with Gasteiger partial charge in [-0.3, -0.25) is 14.1 Å². The third-order valence-corrected chi connectivity index (χ3v) is 11.1. The molecule has 0 aliphatic carbocycles. The normalized spacial score (nSPS) is 12.8. The first-order valence-corrected chi connectivity index (χ1v) is 26.0. The third-order valence-electron chi connectivity index (χ3n) is 10.6. The van der Waals surface area contributed by atoms with Crippen molar-refractivity contribution in [1.82, 2.24) is 0 Å². The Morgan fingerprint density at radius 1 is 0.441 bits per heavy atom. The number of rotatable bonds is 45. The Balaban J connectivity index is 3.87. The molecule has 344 valence electrons. The quantitative estimate of drug-likeness (QED) is 0.0269. The fourth-order valence-electron chi connectivity index (χ4n) is 6.95. The van der Waals surface area contributed by atoms with E-state index in [0.29, 0.717) is 6.42 Å². The smallest absolute Gasteiger partial charge is 0.462 e. The molecule has 0 radical (unpaired) electrons. The van der Waals surface area contributed by atoms with Gasteiger partial charge in [0.05, 0.1) is 6.61 Å².